The number of rotatable bonds is 13. The van der Waals surface area contributed by atoms with Crippen molar-refractivity contribution in [2.45, 2.75) is 44.3 Å². The molecular formula is C24H32N8O7. The third kappa shape index (κ3) is 8.64. The largest absolute Gasteiger partial charge is 0.480 e. The highest BCUT2D eigenvalue weighted by Crippen LogP contribution is 2.31. The van der Waals surface area contributed by atoms with Gasteiger partial charge in [-0.05, 0) is 36.8 Å². The fourth-order valence-electron chi connectivity index (χ4n) is 4.14. The van der Waals surface area contributed by atoms with Crippen LogP contribution >= 0.6 is 0 Å². The molecule has 15 nitrogen and oxygen atoms in total. The molecule has 3 unspecified atom stereocenters. The van der Waals surface area contributed by atoms with E-state index in [1.165, 1.54) is 0 Å². The van der Waals surface area contributed by atoms with Crippen LogP contribution in [0.2, 0.25) is 0 Å². The third-order valence-corrected chi connectivity index (χ3v) is 6.16. The van der Waals surface area contributed by atoms with Gasteiger partial charge in [0.1, 0.15) is 6.04 Å². The van der Waals surface area contributed by atoms with Gasteiger partial charge in [-0.3, -0.25) is 9.59 Å². The van der Waals surface area contributed by atoms with E-state index < -0.39 is 47.8 Å². The van der Waals surface area contributed by atoms with Gasteiger partial charge in [0.15, 0.2) is 6.04 Å². The van der Waals surface area contributed by atoms with Gasteiger partial charge in [0.25, 0.3) is 0 Å². The van der Waals surface area contributed by atoms with E-state index in [2.05, 4.69) is 32.6 Å². The minimum absolute atomic E-state index is 0.225. The zero-order chi connectivity index (χ0) is 28.9. The van der Waals surface area contributed by atoms with Crippen LogP contribution in [0.3, 0.4) is 0 Å². The number of β-lactam (4-membered cyclic amide) rings is 2. The summed E-state index contributed by atoms with van der Waals surface area (Å²) >= 11 is 0. The molecule has 4 amide bonds. The van der Waals surface area contributed by atoms with Crippen LogP contribution in [-0.4, -0.2) is 70.1 Å². The summed E-state index contributed by atoms with van der Waals surface area (Å²) in [7, 11) is 0. The molecular weight excluding hydrogens is 512 g/mol. The van der Waals surface area contributed by atoms with Crippen LogP contribution in [0.1, 0.15) is 31.2 Å². The Morgan fingerprint density at radius 1 is 1.08 bits per heavy atom. The minimum Gasteiger partial charge on any atom is -0.480 e. The molecule has 1 aromatic carbocycles. The van der Waals surface area contributed by atoms with Gasteiger partial charge >= 0.3 is 18.0 Å². The highest BCUT2D eigenvalue weighted by atomic mass is 16.4. The molecule has 0 spiro atoms. The van der Waals surface area contributed by atoms with Crippen molar-refractivity contribution in [3.63, 3.8) is 0 Å². The highest BCUT2D eigenvalue weighted by molar-refractivity contribution is 6.07. The van der Waals surface area contributed by atoms with Crippen LogP contribution < -0.4 is 21.7 Å². The normalized spacial score (nSPS) is 21.0. The molecule has 0 radical (unpaired) electrons. The maximum atomic E-state index is 12.2. The third-order valence-electron chi connectivity index (χ3n) is 6.16. The molecule has 1 aromatic rings. The predicted octanol–water partition coefficient (Wildman–Crippen LogP) is 0.884. The summed E-state index contributed by atoms with van der Waals surface area (Å²) in [6, 6.07) is 6.57. The standard InChI is InChI=1S/C17H22N4O4.C7H10N4O3/c1-11(18)19-9-5-8-13-14(16(23)24)21(15(13)22)17(25)20-10-12-6-3-2-4-7-12;8-11-9-3-1-2-4-5(7(13)14)10-6(4)12/h2-4,6-7,13-14,19H,1,5,8-10,18H2,(H,20,25)(H,23,24);4-5H,1-3H2,(H,10,12)(H,13,14)/t;4-,5?/m.1/s1. The molecule has 0 aliphatic carbocycles. The van der Waals surface area contributed by atoms with Gasteiger partial charge < -0.3 is 31.9 Å². The van der Waals surface area contributed by atoms with Gasteiger partial charge in [0.05, 0.1) is 17.7 Å². The zero-order valence-electron chi connectivity index (χ0n) is 21.2. The van der Waals surface area contributed by atoms with Gasteiger partial charge in [-0.1, -0.05) is 42.0 Å². The number of urea groups is 1. The number of hydrogen-bond acceptors (Lipinski definition) is 8. The van der Waals surface area contributed by atoms with Crippen LogP contribution in [0, 0.1) is 11.8 Å². The summed E-state index contributed by atoms with van der Waals surface area (Å²) < 4.78 is 0. The number of carboxylic acids is 2. The Morgan fingerprint density at radius 3 is 2.31 bits per heavy atom. The summed E-state index contributed by atoms with van der Waals surface area (Å²) in [5.41, 5.74) is 14.2. The maximum absolute atomic E-state index is 12.2. The molecule has 4 atom stereocenters. The zero-order valence-corrected chi connectivity index (χ0v) is 21.2. The summed E-state index contributed by atoms with van der Waals surface area (Å²) in [6.45, 7) is 4.50. The van der Waals surface area contributed by atoms with Gasteiger partial charge in [-0.15, -0.1) is 0 Å². The number of carbonyl (C=O) groups excluding carboxylic acids is 3. The number of amides is 4. The number of hydrogen-bond donors (Lipinski definition) is 6. The van der Waals surface area contributed by atoms with Gasteiger partial charge in [-0.25, -0.2) is 19.3 Å². The lowest BCUT2D eigenvalue weighted by molar-refractivity contribution is -0.166. The number of imide groups is 1. The molecule has 2 saturated heterocycles. The van der Waals surface area contributed by atoms with E-state index in [0.29, 0.717) is 44.6 Å². The first-order valence-corrected chi connectivity index (χ1v) is 12.2. The lowest BCUT2D eigenvalue weighted by atomic mass is 9.84. The number of nitrogens with zero attached hydrogens (tertiary/aromatic N) is 4. The molecule has 15 heteroatoms. The molecule has 2 heterocycles. The maximum Gasteiger partial charge on any atom is 0.327 e. The fraction of sp³-hybridized carbons (Fsp3) is 0.458. The molecule has 0 saturated carbocycles. The van der Waals surface area contributed by atoms with Crippen LogP contribution in [0.15, 0.2) is 47.8 Å². The summed E-state index contributed by atoms with van der Waals surface area (Å²) in [5.74, 6) is -3.76. The van der Waals surface area contributed by atoms with E-state index in [9.17, 15) is 29.1 Å². The summed E-state index contributed by atoms with van der Waals surface area (Å²) in [5, 5.41) is 29.0. The number of azide groups is 1. The quantitative estimate of drug-likeness (QED) is 0.0678. The molecule has 3 rings (SSSR count). The van der Waals surface area contributed by atoms with Crippen molar-refractivity contribution in [3.8, 4) is 0 Å². The molecule has 210 valence electrons. The van der Waals surface area contributed by atoms with Crippen molar-refractivity contribution in [1.82, 2.24) is 20.9 Å². The average Bonchev–Trinajstić information content (AvgIpc) is 2.89. The number of likely N-dealkylation sites (tertiary alicyclic amines) is 1. The van der Waals surface area contributed by atoms with Crippen LogP contribution in [0.4, 0.5) is 4.79 Å². The molecule has 0 aromatic heterocycles. The Labute approximate surface area is 224 Å². The van der Waals surface area contributed by atoms with E-state index in [1.807, 2.05) is 30.3 Å². The first kappa shape index (κ1) is 30.4. The van der Waals surface area contributed by atoms with Crippen LogP contribution in [-0.2, 0) is 25.7 Å². The van der Waals surface area contributed by atoms with Gasteiger partial charge in [0, 0.05) is 24.5 Å². The second kappa shape index (κ2) is 14.8. The second-order valence-corrected chi connectivity index (χ2v) is 8.86. The molecule has 2 aliphatic rings. The topological polar surface area (TPSA) is 240 Å². The smallest absolute Gasteiger partial charge is 0.327 e. The molecule has 39 heavy (non-hydrogen) atoms. The van der Waals surface area contributed by atoms with Crippen LogP contribution in [0.25, 0.3) is 10.4 Å². The monoisotopic (exact) mass is 544 g/mol. The lowest BCUT2D eigenvalue weighted by Gasteiger charge is -2.42. The Kier molecular flexibility index (Phi) is 11.6. The summed E-state index contributed by atoms with van der Waals surface area (Å²) in [6.07, 6.45) is 1.89. The molecule has 2 aliphatic heterocycles. The van der Waals surface area contributed by atoms with E-state index in [-0.39, 0.29) is 12.5 Å². The van der Waals surface area contributed by atoms with Crippen molar-refractivity contribution in [2.75, 3.05) is 13.1 Å². The number of nitrogens with one attached hydrogen (secondary N) is 3. The molecule has 7 N–H and O–H groups in total. The number of benzene rings is 1. The highest BCUT2D eigenvalue weighted by Gasteiger charge is 2.54. The van der Waals surface area contributed by atoms with E-state index in [1.54, 1.807) is 0 Å². The second-order valence-electron chi connectivity index (χ2n) is 8.86. The SMILES string of the molecule is C=C(N)NCCCC1C(=O)N(C(=O)NCc2ccccc2)C1C(=O)O.[N-]=[N+]=NCCC[C@H]1C(=O)NC1C(=O)O. The summed E-state index contributed by atoms with van der Waals surface area (Å²) in [4.78, 5) is 60.6. The van der Waals surface area contributed by atoms with Crippen LogP contribution in [0.5, 0.6) is 0 Å². The molecule has 0 bridgehead atoms. The van der Waals surface area contributed by atoms with Crippen molar-refractivity contribution in [1.29, 1.82) is 0 Å². The first-order chi connectivity index (χ1) is 18.6. The lowest BCUT2D eigenvalue weighted by Crippen LogP contribution is -2.68. The van der Waals surface area contributed by atoms with Gasteiger partial charge in [-0.2, -0.15) is 0 Å². The van der Waals surface area contributed by atoms with Gasteiger partial charge in [0.2, 0.25) is 11.8 Å². The predicted molar refractivity (Wildman–Crippen MR) is 137 cm³/mol. The van der Waals surface area contributed by atoms with E-state index in [4.69, 9.17) is 16.4 Å². The van der Waals surface area contributed by atoms with E-state index >= 15 is 0 Å². The van der Waals surface area contributed by atoms with Crippen molar-refractivity contribution < 1.29 is 34.2 Å². The van der Waals surface area contributed by atoms with Crippen molar-refractivity contribution in [3.05, 3.63) is 58.7 Å². The van der Waals surface area contributed by atoms with Crippen molar-refractivity contribution in [2.24, 2.45) is 22.7 Å². The van der Waals surface area contributed by atoms with Crippen molar-refractivity contribution >= 4 is 29.8 Å². The average molecular weight is 545 g/mol. The Bertz CT molecular complexity index is 1120. The minimum atomic E-state index is -1.18. The number of aliphatic carboxylic acids is 2. The number of nitrogens with two attached hydrogens (primary N) is 1. The Hall–Kier alpha value is -4.78. The fourth-order valence-corrected chi connectivity index (χ4v) is 4.14. The first-order valence-electron chi connectivity index (χ1n) is 12.2. The van der Waals surface area contributed by atoms with E-state index in [0.717, 1.165) is 10.5 Å². The molecule has 2 fully saturated rings. The number of carbonyl (C=O) groups is 5. The Balaban J connectivity index is 0.000000322. The number of carboxylic acid groups (broad SMARTS) is 2. The Morgan fingerprint density at radius 2 is 1.74 bits per heavy atom.